The van der Waals surface area contributed by atoms with Gasteiger partial charge in [-0.15, -0.1) is 0 Å². The van der Waals surface area contributed by atoms with Crippen molar-refractivity contribution < 1.29 is 4.79 Å². The molecule has 2 atom stereocenters. The smallest absolute Gasteiger partial charge is 0.274 e. The summed E-state index contributed by atoms with van der Waals surface area (Å²) < 4.78 is 0. The van der Waals surface area contributed by atoms with Crippen molar-refractivity contribution in [3.63, 3.8) is 0 Å². The third-order valence-corrected chi connectivity index (χ3v) is 7.54. The number of carbonyl (C=O) groups is 1. The second kappa shape index (κ2) is 9.98. The highest BCUT2D eigenvalue weighted by Crippen LogP contribution is 2.45. The van der Waals surface area contributed by atoms with Crippen LogP contribution in [0.25, 0.3) is 0 Å². The number of nitrogens with zero attached hydrogens (tertiary/aromatic N) is 3. The summed E-state index contributed by atoms with van der Waals surface area (Å²) in [4.78, 5) is 22.1. The maximum absolute atomic E-state index is 12.7. The van der Waals surface area contributed by atoms with Crippen LogP contribution < -0.4 is 10.2 Å². The van der Waals surface area contributed by atoms with Gasteiger partial charge in [0, 0.05) is 49.3 Å². The Morgan fingerprint density at radius 3 is 2.50 bits per heavy atom. The molecule has 1 amide bonds. The van der Waals surface area contributed by atoms with Crippen LogP contribution in [-0.2, 0) is 5.54 Å². The topological polar surface area (TPSA) is 48.5 Å². The monoisotopic (exact) mass is 454 g/mol. The molecule has 2 fully saturated rings. The fourth-order valence-corrected chi connectivity index (χ4v) is 5.87. The van der Waals surface area contributed by atoms with Crippen LogP contribution in [0.15, 0.2) is 79.0 Å². The molecule has 5 heteroatoms. The molecule has 34 heavy (non-hydrogen) atoms. The first-order valence-electron chi connectivity index (χ1n) is 12.5. The summed E-state index contributed by atoms with van der Waals surface area (Å²) in [6, 6.07) is 24.7. The molecule has 1 aromatic heterocycles. The number of nitrogens with one attached hydrogen (secondary N) is 1. The van der Waals surface area contributed by atoms with Gasteiger partial charge in [-0.05, 0) is 60.7 Å². The molecule has 176 valence electrons. The van der Waals surface area contributed by atoms with Crippen LogP contribution in [0.5, 0.6) is 0 Å². The summed E-state index contributed by atoms with van der Waals surface area (Å²) in [5, 5.41) is 3.07. The SMILES string of the molecule is CC1CCCC(c2cccc(NC(=O)c3ccccn3)c2)(N2CCN(c3ccccc3)CC2)C1. The maximum atomic E-state index is 12.7. The molecule has 1 aliphatic carbocycles. The number of hydrogen-bond donors (Lipinski definition) is 1. The molecule has 1 aliphatic heterocycles. The Labute approximate surface area is 202 Å². The van der Waals surface area contributed by atoms with Crippen LogP contribution in [-0.4, -0.2) is 42.0 Å². The fourth-order valence-electron chi connectivity index (χ4n) is 5.87. The Hall–Kier alpha value is -3.18. The lowest BCUT2D eigenvalue weighted by molar-refractivity contribution is 0.0243. The Morgan fingerprint density at radius 2 is 1.76 bits per heavy atom. The molecule has 3 aromatic rings. The van der Waals surface area contributed by atoms with E-state index < -0.39 is 0 Å². The average Bonchev–Trinajstić information content (AvgIpc) is 2.90. The molecule has 2 heterocycles. The van der Waals surface area contributed by atoms with E-state index in [9.17, 15) is 4.79 Å². The number of pyridine rings is 1. The van der Waals surface area contributed by atoms with Gasteiger partial charge in [0.1, 0.15) is 5.69 Å². The minimum absolute atomic E-state index is 0.0200. The number of hydrogen-bond acceptors (Lipinski definition) is 4. The molecule has 5 rings (SSSR count). The maximum Gasteiger partial charge on any atom is 0.274 e. The summed E-state index contributed by atoms with van der Waals surface area (Å²) in [5.74, 6) is 0.521. The zero-order chi connectivity index (χ0) is 23.4. The molecule has 1 N–H and O–H groups in total. The van der Waals surface area contributed by atoms with Crippen LogP contribution in [0.1, 0.15) is 48.7 Å². The van der Waals surface area contributed by atoms with Gasteiger partial charge in [-0.2, -0.15) is 0 Å². The molecule has 0 spiro atoms. The number of carbonyl (C=O) groups excluding carboxylic acids is 1. The Bertz CT molecular complexity index is 1100. The second-order valence-electron chi connectivity index (χ2n) is 9.79. The van der Waals surface area contributed by atoms with Crippen molar-refractivity contribution in [2.24, 2.45) is 5.92 Å². The minimum atomic E-state index is -0.166. The highest BCUT2D eigenvalue weighted by molar-refractivity contribution is 6.02. The Balaban J connectivity index is 1.38. The van der Waals surface area contributed by atoms with Crippen molar-refractivity contribution in [1.29, 1.82) is 0 Å². The average molecular weight is 455 g/mol. The largest absolute Gasteiger partial charge is 0.369 e. The normalized spacial score (nSPS) is 23.4. The summed E-state index contributed by atoms with van der Waals surface area (Å²) in [7, 11) is 0. The van der Waals surface area contributed by atoms with Crippen LogP contribution >= 0.6 is 0 Å². The zero-order valence-electron chi connectivity index (χ0n) is 20.0. The van der Waals surface area contributed by atoms with E-state index in [-0.39, 0.29) is 11.4 Å². The number of anilines is 2. The lowest BCUT2D eigenvalue weighted by atomic mass is 9.71. The minimum Gasteiger partial charge on any atom is -0.369 e. The molecule has 2 aromatic carbocycles. The predicted octanol–water partition coefficient (Wildman–Crippen LogP) is 5.56. The van der Waals surface area contributed by atoms with Crippen LogP contribution in [0.4, 0.5) is 11.4 Å². The third-order valence-electron chi connectivity index (χ3n) is 7.54. The van der Waals surface area contributed by atoms with E-state index in [0.717, 1.165) is 38.3 Å². The summed E-state index contributed by atoms with van der Waals surface area (Å²) in [6.45, 7) is 6.56. The van der Waals surface area contributed by atoms with Crippen molar-refractivity contribution in [2.45, 2.75) is 38.1 Å². The Kier molecular flexibility index (Phi) is 6.63. The van der Waals surface area contributed by atoms with Crippen molar-refractivity contribution >= 4 is 17.3 Å². The van der Waals surface area contributed by atoms with Gasteiger partial charge >= 0.3 is 0 Å². The number of benzene rings is 2. The molecule has 1 saturated heterocycles. The fraction of sp³-hybridized carbons (Fsp3) is 0.379. The number of para-hydroxylation sites is 1. The Morgan fingerprint density at radius 1 is 0.971 bits per heavy atom. The molecular formula is C29H34N4O. The van der Waals surface area contributed by atoms with Gasteiger partial charge in [0.2, 0.25) is 0 Å². The highest BCUT2D eigenvalue weighted by Gasteiger charge is 2.42. The van der Waals surface area contributed by atoms with E-state index in [1.54, 1.807) is 12.3 Å². The highest BCUT2D eigenvalue weighted by atomic mass is 16.1. The molecule has 2 unspecified atom stereocenters. The van der Waals surface area contributed by atoms with Gasteiger partial charge in [0.05, 0.1) is 0 Å². The van der Waals surface area contributed by atoms with Gasteiger partial charge in [-0.25, -0.2) is 0 Å². The molecule has 2 aliphatic rings. The zero-order valence-corrected chi connectivity index (χ0v) is 20.0. The van der Waals surface area contributed by atoms with Crippen molar-refractivity contribution in [1.82, 2.24) is 9.88 Å². The predicted molar refractivity (Wildman–Crippen MR) is 138 cm³/mol. The first kappa shape index (κ1) is 22.6. The molecular weight excluding hydrogens is 420 g/mol. The van der Waals surface area contributed by atoms with Crippen LogP contribution in [0.3, 0.4) is 0 Å². The lowest BCUT2D eigenvalue weighted by Crippen LogP contribution is -2.57. The van der Waals surface area contributed by atoms with E-state index in [4.69, 9.17) is 0 Å². The van der Waals surface area contributed by atoms with Crippen molar-refractivity contribution in [3.05, 3.63) is 90.3 Å². The van der Waals surface area contributed by atoms with Gasteiger partial charge in [-0.1, -0.05) is 56.2 Å². The van der Waals surface area contributed by atoms with Crippen molar-refractivity contribution in [3.8, 4) is 0 Å². The molecule has 1 saturated carbocycles. The standard InChI is InChI=1S/C29H34N4O/c1-23-9-8-15-29(22-23,33-19-17-32(18-20-33)26-12-3-2-4-13-26)24-10-7-11-25(21-24)31-28(34)27-14-5-6-16-30-27/h2-7,10-14,16,21,23H,8-9,15,17-20,22H2,1H3,(H,31,34). The summed E-state index contributed by atoms with van der Waals surface area (Å²) in [5.41, 5.74) is 3.93. The lowest BCUT2D eigenvalue weighted by Gasteiger charge is -2.52. The molecule has 5 nitrogen and oxygen atoms in total. The quantitative estimate of drug-likeness (QED) is 0.548. The second-order valence-corrected chi connectivity index (χ2v) is 9.79. The number of aromatic nitrogens is 1. The van der Waals surface area contributed by atoms with Gasteiger partial charge in [0.15, 0.2) is 0 Å². The first-order valence-corrected chi connectivity index (χ1v) is 12.5. The summed E-state index contributed by atoms with van der Waals surface area (Å²) in [6.07, 6.45) is 6.52. The third kappa shape index (κ3) is 4.71. The molecule has 0 radical (unpaired) electrons. The van der Waals surface area contributed by atoms with Gasteiger partial charge < -0.3 is 10.2 Å². The van der Waals surface area contributed by atoms with Crippen molar-refractivity contribution in [2.75, 3.05) is 36.4 Å². The number of rotatable bonds is 5. The van der Waals surface area contributed by atoms with Gasteiger partial charge in [-0.3, -0.25) is 14.7 Å². The van der Waals surface area contributed by atoms with Gasteiger partial charge in [0.25, 0.3) is 5.91 Å². The van der Waals surface area contributed by atoms with Crippen LogP contribution in [0, 0.1) is 5.92 Å². The van der Waals surface area contributed by atoms with E-state index in [1.807, 2.05) is 18.2 Å². The van der Waals surface area contributed by atoms with Crippen LogP contribution in [0.2, 0.25) is 0 Å². The van der Waals surface area contributed by atoms with E-state index in [1.165, 1.54) is 30.5 Å². The number of piperazine rings is 1. The first-order chi connectivity index (χ1) is 16.6. The van der Waals surface area contributed by atoms with E-state index in [2.05, 4.69) is 75.6 Å². The summed E-state index contributed by atoms with van der Waals surface area (Å²) >= 11 is 0. The molecule has 0 bridgehead atoms. The van der Waals surface area contributed by atoms with E-state index in [0.29, 0.717) is 11.6 Å². The number of amides is 1. The van der Waals surface area contributed by atoms with E-state index >= 15 is 0 Å².